The van der Waals surface area contributed by atoms with Crippen molar-refractivity contribution in [2.75, 3.05) is 97.8 Å². The average Bonchev–Trinajstić information content (AvgIpc) is 1.64. The van der Waals surface area contributed by atoms with E-state index in [1.165, 1.54) is 38.3 Å². The van der Waals surface area contributed by atoms with Crippen LogP contribution in [0.2, 0.25) is 0 Å². The molecule has 0 bridgehead atoms. The standard InChI is InChI=1S/C91H129N13O22/c1-14-59(8)81(72(121-12)53-76(108)103-45-23-31-71(103)82(122-13)60(9)83(111)98-69(89(117)118)52-61-24-16-15-17-25-61)101(10)88(116)79(57(4)5)100-87(115)80(58(6)7)102(11)91(120)126-55-62-32-36-66(37-33-62)95-84(112)67(29-22-43-94-90(92)119)97-86(114)78(56(2)3)99-85(113)68(38-41-77(109)110)96-74(106)42-46-123-48-50-125-51-49-124-47-44-93-73(105)39-40-75(107)104-54-65-28-19-18-26-63(65)34-35-64-27-20-21-30-70(64)104/h15-21,24-28,30,32-33,36-37,56-60,67-69,71-72,78-82H,14,22-23,29,31,38-55H2,1-13H3,(H,93,105)(H,95,112)(H,96,106)(H,97,114)(H,98,111)(H,99,113)(H,100,115)(H,109,110)(H,117,118)(H3,92,94,119)/t59-,60+,67-,68-,69-,71-,72+,78-,79-,80-,81-,82+/m0/s1. The van der Waals surface area contributed by atoms with Gasteiger partial charge in [0.2, 0.25) is 59.1 Å². The Kier molecular flexibility index (Phi) is 43.4. The number of hydrogen-bond donors (Lipinski definition) is 11. The highest BCUT2D eigenvalue weighted by atomic mass is 16.6. The third-order valence-corrected chi connectivity index (χ3v) is 22.2. The van der Waals surface area contributed by atoms with Gasteiger partial charge < -0.3 is 102 Å². The van der Waals surface area contributed by atoms with Gasteiger partial charge in [0.25, 0.3) is 0 Å². The van der Waals surface area contributed by atoms with Crippen LogP contribution in [0.15, 0.2) is 103 Å². The molecule has 13 amide bonds. The fraction of sp³-hybridized carbons (Fsp3) is 0.560. The number of carbonyl (C=O) groups excluding carboxylic acids is 12. The zero-order chi connectivity index (χ0) is 92.7. The molecular weight excluding hydrogens is 1630 g/mol. The number of likely N-dealkylation sites (tertiary alicyclic amines) is 1. The number of urea groups is 1. The number of carbonyl (C=O) groups is 14. The molecule has 0 aliphatic carbocycles. The maximum Gasteiger partial charge on any atom is 0.410 e. The first-order valence-electron chi connectivity index (χ1n) is 43.0. The number of rotatable bonds is 53. The maximum absolute atomic E-state index is 14.9. The van der Waals surface area contributed by atoms with Gasteiger partial charge >= 0.3 is 24.1 Å². The number of nitrogens with zero attached hydrogens (tertiary/aromatic N) is 4. The highest BCUT2D eigenvalue weighted by molar-refractivity contribution is 6.00. The summed E-state index contributed by atoms with van der Waals surface area (Å²) in [6.07, 6.45) is -1.97. The lowest BCUT2D eigenvalue weighted by molar-refractivity contribution is -0.148. The molecule has 6 rings (SSSR count). The largest absolute Gasteiger partial charge is 0.481 e. The Balaban J connectivity index is 0.954. The van der Waals surface area contributed by atoms with Crippen LogP contribution in [0.5, 0.6) is 0 Å². The third-order valence-electron chi connectivity index (χ3n) is 22.2. The number of aliphatic carboxylic acids is 2. The van der Waals surface area contributed by atoms with Crippen LogP contribution in [-0.2, 0) is 106 Å². The number of primary amides is 1. The van der Waals surface area contributed by atoms with Crippen molar-refractivity contribution < 1.29 is 106 Å². The van der Waals surface area contributed by atoms with E-state index in [1.807, 2.05) is 68.4 Å². The number of para-hydroxylation sites is 1. The molecule has 1 saturated heterocycles. The van der Waals surface area contributed by atoms with Crippen LogP contribution in [0.25, 0.3) is 0 Å². The lowest BCUT2D eigenvalue weighted by atomic mass is 9.89. The second kappa shape index (κ2) is 53.0. The minimum atomic E-state index is -1.41. The first kappa shape index (κ1) is 103. The number of carboxylic acid groups (broad SMARTS) is 2. The summed E-state index contributed by atoms with van der Waals surface area (Å²) >= 11 is 0. The summed E-state index contributed by atoms with van der Waals surface area (Å²) in [6.45, 7) is 17.1. The number of nitrogens with two attached hydrogens (primary N) is 1. The van der Waals surface area contributed by atoms with Crippen molar-refractivity contribution in [1.29, 1.82) is 0 Å². The van der Waals surface area contributed by atoms with Crippen LogP contribution in [0, 0.1) is 41.4 Å². The summed E-state index contributed by atoms with van der Waals surface area (Å²) in [4.78, 5) is 195. The fourth-order valence-corrected chi connectivity index (χ4v) is 15.1. The van der Waals surface area contributed by atoms with E-state index < -0.39 is 156 Å². The Morgan fingerprint density at radius 2 is 1.17 bits per heavy atom. The second-order valence-electron chi connectivity index (χ2n) is 32.6. The molecule has 35 nitrogen and oxygen atoms in total. The summed E-state index contributed by atoms with van der Waals surface area (Å²) in [7, 11) is 5.90. The van der Waals surface area contributed by atoms with Gasteiger partial charge in [-0.05, 0) is 103 Å². The third kappa shape index (κ3) is 32.8. The van der Waals surface area contributed by atoms with Crippen molar-refractivity contribution in [2.45, 2.75) is 213 Å². The van der Waals surface area contributed by atoms with Gasteiger partial charge in [0.15, 0.2) is 0 Å². The van der Waals surface area contributed by atoms with Crippen molar-refractivity contribution in [2.24, 2.45) is 35.3 Å². The van der Waals surface area contributed by atoms with E-state index in [0.717, 1.165) is 27.2 Å². The van der Waals surface area contributed by atoms with Gasteiger partial charge in [0, 0.05) is 96.9 Å². The normalized spacial score (nSPS) is 15.5. The van der Waals surface area contributed by atoms with Gasteiger partial charge in [0.05, 0.1) is 88.5 Å². The van der Waals surface area contributed by atoms with Gasteiger partial charge in [-0.3, -0.25) is 57.6 Å². The molecule has 12 atom stereocenters. The van der Waals surface area contributed by atoms with Crippen molar-refractivity contribution in [3.8, 4) is 11.8 Å². The molecule has 2 aliphatic rings. The van der Waals surface area contributed by atoms with E-state index in [1.54, 1.807) is 102 Å². The minimum absolute atomic E-state index is 0.00983. The van der Waals surface area contributed by atoms with Gasteiger partial charge in [-0.2, -0.15) is 0 Å². The number of fused-ring (bicyclic) bond motifs is 2. The second-order valence-corrected chi connectivity index (χ2v) is 32.6. The van der Waals surface area contributed by atoms with Crippen LogP contribution < -0.4 is 53.2 Å². The number of benzene rings is 4. The molecular formula is C91H129N13O22. The van der Waals surface area contributed by atoms with E-state index in [9.17, 15) is 77.3 Å². The van der Waals surface area contributed by atoms with Crippen LogP contribution in [0.1, 0.15) is 161 Å². The molecule has 4 aromatic carbocycles. The molecule has 0 aromatic heterocycles. The monoisotopic (exact) mass is 1760 g/mol. The quantitative estimate of drug-likeness (QED) is 0.0184. The number of nitrogens with one attached hydrogen (secondary N) is 8. The minimum Gasteiger partial charge on any atom is -0.481 e. The van der Waals surface area contributed by atoms with E-state index in [0.29, 0.717) is 43.6 Å². The highest BCUT2D eigenvalue weighted by Gasteiger charge is 2.45. The molecule has 2 aliphatic heterocycles. The smallest absolute Gasteiger partial charge is 0.410 e. The lowest BCUT2D eigenvalue weighted by Gasteiger charge is -2.41. The predicted molar refractivity (Wildman–Crippen MR) is 468 cm³/mol. The zero-order valence-corrected chi connectivity index (χ0v) is 74.7. The van der Waals surface area contributed by atoms with Gasteiger partial charge in [-0.15, -0.1) is 0 Å². The van der Waals surface area contributed by atoms with Crippen molar-refractivity contribution in [1.82, 2.24) is 51.9 Å². The van der Waals surface area contributed by atoms with Crippen LogP contribution >= 0.6 is 0 Å². The topological polar surface area (TPSA) is 470 Å². The number of anilines is 2. The molecule has 690 valence electrons. The van der Waals surface area contributed by atoms with E-state index in [4.69, 9.17) is 34.2 Å². The highest BCUT2D eigenvalue weighted by Crippen LogP contribution is 2.32. The molecule has 0 unspecified atom stereocenters. The number of hydrogen-bond acceptors (Lipinski definition) is 20. The molecule has 35 heteroatoms. The number of amides is 13. The summed E-state index contributed by atoms with van der Waals surface area (Å²) in [5.41, 5.74) is 9.88. The molecule has 1 fully saturated rings. The number of methoxy groups -OCH3 is 2. The van der Waals surface area contributed by atoms with E-state index in [2.05, 4.69) is 54.4 Å². The SMILES string of the molecule is CC[C@H](C)[C@@H]([C@@H](CC(=O)N1CCC[C@H]1[C@H](OC)[C@@H](C)C(=O)N[C@@H](Cc1ccccc1)C(=O)O)OC)N(C)C(=O)[C@@H](NC(=O)[C@H](C(C)C)N(C)C(=O)OCc1ccc(NC(=O)[C@H](CCCNC(N)=O)NC(=O)[C@@H](NC(=O)[C@H](CCC(=O)O)NC(=O)CCOCCOCCOCCNC(=O)CCC(=O)N2Cc3ccccc3C#Cc3ccccc32)C(C)C)cc1)C(C)C. The van der Waals surface area contributed by atoms with Crippen molar-refractivity contribution >= 4 is 94.5 Å². The number of carboxylic acids is 2. The van der Waals surface area contributed by atoms with E-state index >= 15 is 0 Å². The van der Waals surface area contributed by atoms with Gasteiger partial charge in [-0.25, -0.2) is 14.4 Å². The summed E-state index contributed by atoms with van der Waals surface area (Å²) in [5, 5.41) is 41.0. The number of likely N-dealkylation sites (N-methyl/N-ethyl adjacent to an activating group) is 2. The van der Waals surface area contributed by atoms with Crippen molar-refractivity contribution in [3.05, 3.63) is 131 Å². The van der Waals surface area contributed by atoms with Crippen LogP contribution in [0.4, 0.5) is 21.0 Å². The summed E-state index contributed by atoms with van der Waals surface area (Å²) in [5.74, 6) is -4.30. The van der Waals surface area contributed by atoms with Crippen molar-refractivity contribution in [3.63, 3.8) is 0 Å². The molecule has 4 aromatic rings. The Morgan fingerprint density at radius 1 is 0.563 bits per heavy atom. The summed E-state index contributed by atoms with van der Waals surface area (Å²) < 4.78 is 34.4. The molecule has 126 heavy (non-hydrogen) atoms. The Hall–Kier alpha value is -11.6. The Morgan fingerprint density at radius 3 is 1.80 bits per heavy atom. The van der Waals surface area contributed by atoms with Gasteiger partial charge in [-0.1, -0.05) is 153 Å². The molecule has 2 heterocycles. The Labute approximate surface area is 737 Å². The zero-order valence-electron chi connectivity index (χ0n) is 74.7. The lowest BCUT2D eigenvalue weighted by Crippen LogP contribution is -2.60. The average molecular weight is 1760 g/mol. The van der Waals surface area contributed by atoms with E-state index in [-0.39, 0.29) is 140 Å². The predicted octanol–water partition coefficient (Wildman–Crippen LogP) is 5.80. The molecule has 0 spiro atoms. The molecule has 0 radical (unpaired) electrons. The van der Waals surface area contributed by atoms with Crippen LogP contribution in [0.3, 0.4) is 0 Å². The molecule has 0 saturated carbocycles. The maximum atomic E-state index is 14.9. The summed E-state index contributed by atoms with van der Waals surface area (Å²) in [6, 6.07) is 20.6. The first-order valence-corrected chi connectivity index (χ1v) is 43.0. The molecule has 12 N–H and O–H groups in total. The van der Waals surface area contributed by atoms with Crippen LogP contribution in [-0.4, -0.2) is 256 Å². The fourth-order valence-electron chi connectivity index (χ4n) is 15.1. The Bertz CT molecular complexity index is 4350. The van der Waals surface area contributed by atoms with Gasteiger partial charge in [0.1, 0.15) is 42.9 Å². The number of ether oxygens (including phenoxy) is 6. The first-order chi connectivity index (χ1) is 60.1.